The van der Waals surface area contributed by atoms with Gasteiger partial charge in [0.25, 0.3) is 0 Å². The topological polar surface area (TPSA) is 99.1 Å². The average Bonchev–Trinajstić information content (AvgIpc) is 3.06. The van der Waals surface area contributed by atoms with Crippen LogP contribution in [-0.2, 0) is 29.4 Å². The van der Waals surface area contributed by atoms with Crippen molar-refractivity contribution in [3.63, 3.8) is 0 Å². The molecule has 7 heteroatoms. The van der Waals surface area contributed by atoms with Gasteiger partial charge in [0, 0.05) is 5.92 Å². The van der Waals surface area contributed by atoms with E-state index in [1.54, 1.807) is 0 Å². The van der Waals surface area contributed by atoms with Gasteiger partial charge in [0.1, 0.15) is 36.9 Å². The van der Waals surface area contributed by atoms with Crippen LogP contribution in [0, 0.1) is 11.8 Å². The molecule has 2 atom stereocenters. The van der Waals surface area contributed by atoms with Crippen molar-refractivity contribution in [1.29, 1.82) is 0 Å². The van der Waals surface area contributed by atoms with Gasteiger partial charge in [-0.25, -0.2) is 4.79 Å². The van der Waals surface area contributed by atoms with Gasteiger partial charge in [-0.2, -0.15) is 0 Å². The van der Waals surface area contributed by atoms with E-state index in [0.29, 0.717) is 12.8 Å². The van der Waals surface area contributed by atoms with Gasteiger partial charge in [-0.05, 0) is 41.7 Å². The molecular weight excluding hydrogens is 544 g/mol. The normalized spacial score (nSPS) is 16.2. The van der Waals surface area contributed by atoms with E-state index in [9.17, 15) is 19.5 Å². The molecule has 0 aromatic heterocycles. The van der Waals surface area contributed by atoms with Crippen molar-refractivity contribution in [2.24, 2.45) is 11.8 Å². The molecule has 7 nitrogen and oxygen atoms in total. The first-order valence-electron chi connectivity index (χ1n) is 14.5. The molecule has 4 aromatic carbocycles. The van der Waals surface area contributed by atoms with Crippen molar-refractivity contribution in [3.8, 4) is 11.5 Å². The number of hydrogen-bond acceptors (Lipinski definition) is 6. The fourth-order valence-corrected chi connectivity index (χ4v) is 5.40. The average molecular weight is 579 g/mol. The molecule has 0 aliphatic heterocycles. The van der Waals surface area contributed by atoms with Crippen LogP contribution in [0.2, 0.25) is 0 Å². The number of carbonyl (C=O) groups excluding carboxylic acids is 2. The lowest BCUT2D eigenvalue weighted by molar-refractivity contribution is -0.152. The Morgan fingerprint density at radius 2 is 1.07 bits per heavy atom. The predicted molar refractivity (Wildman–Crippen MR) is 161 cm³/mol. The molecule has 5 rings (SSSR count). The van der Waals surface area contributed by atoms with E-state index in [-0.39, 0.29) is 48.2 Å². The van der Waals surface area contributed by atoms with E-state index >= 15 is 0 Å². The number of Topliss-reactive ketones (excluding diaryl/α,β-unsaturated/α-hetero) is 1. The van der Waals surface area contributed by atoms with Crippen LogP contribution in [0.15, 0.2) is 103 Å². The van der Waals surface area contributed by atoms with E-state index in [1.807, 2.05) is 91.0 Å². The number of carboxylic acids is 1. The van der Waals surface area contributed by atoms with Crippen molar-refractivity contribution < 1.29 is 33.7 Å². The Kier molecular flexibility index (Phi) is 9.85. The first-order chi connectivity index (χ1) is 21.0. The molecule has 1 saturated carbocycles. The first-order valence-corrected chi connectivity index (χ1v) is 14.5. The van der Waals surface area contributed by atoms with E-state index in [4.69, 9.17) is 14.2 Å². The fourth-order valence-electron chi connectivity index (χ4n) is 5.40. The molecule has 4 aromatic rings. The third-order valence-corrected chi connectivity index (χ3v) is 7.66. The summed E-state index contributed by atoms with van der Waals surface area (Å²) >= 11 is 0. The second-order valence-corrected chi connectivity index (χ2v) is 10.7. The van der Waals surface area contributed by atoms with E-state index < -0.39 is 23.8 Å². The Labute approximate surface area is 251 Å². The summed E-state index contributed by atoms with van der Waals surface area (Å²) in [6, 6.07) is 31.0. The highest BCUT2D eigenvalue weighted by Gasteiger charge is 2.39. The molecule has 1 N–H and O–H groups in total. The highest BCUT2D eigenvalue weighted by molar-refractivity contribution is 6.05. The molecule has 1 fully saturated rings. The highest BCUT2D eigenvalue weighted by atomic mass is 16.5. The summed E-state index contributed by atoms with van der Waals surface area (Å²) < 4.78 is 18.0. The number of carbonyl (C=O) groups is 3. The minimum absolute atomic E-state index is 0.0647. The van der Waals surface area contributed by atoms with E-state index in [2.05, 4.69) is 0 Å². The van der Waals surface area contributed by atoms with Gasteiger partial charge >= 0.3 is 11.9 Å². The zero-order chi connectivity index (χ0) is 30.0. The zero-order valence-corrected chi connectivity index (χ0v) is 23.8. The second kappa shape index (κ2) is 14.3. The molecule has 43 heavy (non-hydrogen) atoms. The maximum absolute atomic E-state index is 14.4. The summed E-state index contributed by atoms with van der Waals surface area (Å²) in [6.07, 6.45) is 2.62. The molecule has 1 aliphatic rings. The summed E-state index contributed by atoms with van der Waals surface area (Å²) in [5.74, 6) is -2.98. The third-order valence-electron chi connectivity index (χ3n) is 7.66. The molecule has 0 amide bonds. The van der Waals surface area contributed by atoms with Gasteiger partial charge in [0.2, 0.25) is 0 Å². The molecule has 0 heterocycles. The zero-order valence-electron chi connectivity index (χ0n) is 23.8. The lowest BCUT2D eigenvalue weighted by Gasteiger charge is -2.30. The van der Waals surface area contributed by atoms with Gasteiger partial charge in [-0.15, -0.1) is 0 Å². The quantitative estimate of drug-likeness (QED) is 0.139. The number of carboxylic acid groups (broad SMARTS) is 1. The molecule has 0 radical (unpaired) electrons. The highest BCUT2D eigenvalue weighted by Crippen LogP contribution is 2.40. The number of esters is 1. The van der Waals surface area contributed by atoms with Crippen LogP contribution in [0.5, 0.6) is 11.5 Å². The molecular formula is C36H34O7. The Morgan fingerprint density at radius 1 is 0.628 bits per heavy atom. The van der Waals surface area contributed by atoms with Crippen LogP contribution in [0.3, 0.4) is 0 Å². The number of hydrogen-bond donors (Lipinski definition) is 1. The number of aromatic carboxylic acids is 1. The molecule has 1 aliphatic carbocycles. The summed E-state index contributed by atoms with van der Waals surface area (Å²) in [6.45, 7) is 0.367. The molecule has 0 bridgehead atoms. The molecule has 220 valence electrons. The molecule has 2 unspecified atom stereocenters. The Bertz CT molecular complexity index is 1470. The van der Waals surface area contributed by atoms with Crippen molar-refractivity contribution in [2.45, 2.75) is 45.5 Å². The number of ketones is 1. The Morgan fingerprint density at radius 3 is 1.53 bits per heavy atom. The van der Waals surface area contributed by atoms with Crippen LogP contribution in [0.4, 0.5) is 0 Å². The van der Waals surface area contributed by atoms with E-state index in [1.165, 1.54) is 12.1 Å². The monoisotopic (exact) mass is 578 g/mol. The van der Waals surface area contributed by atoms with Gasteiger partial charge in [-0.1, -0.05) is 104 Å². The minimum Gasteiger partial charge on any atom is -0.488 e. The lowest BCUT2D eigenvalue weighted by atomic mass is 9.75. The van der Waals surface area contributed by atoms with Gasteiger partial charge in [-0.3, -0.25) is 9.59 Å². The first kappa shape index (κ1) is 29.6. The van der Waals surface area contributed by atoms with Crippen LogP contribution in [0.1, 0.15) is 63.1 Å². The number of ether oxygens (including phenoxy) is 3. The van der Waals surface area contributed by atoms with Crippen molar-refractivity contribution in [3.05, 3.63) is 131 Å². The minimum atomic E-state index is -1.17. The van der Waals surface area contributed by atoms with Crippen molar-refractivity contribution in [2.75, 3.05) is 0 Å². The standard InChI is InChI=1S/C36H34O7/c37-34(29-18-10-11-19-30(29)36(40)43-24-27-16-8-3-9-17-27)33-31(41-22-25-12-4-1-5-13-25)20-28(35(38)39)21-32(33)42-23-26-14-6-2-7-15-26/h1-9,12-17,20-21,29-30H,10-11,18-19,22-24H2,(H,38,39). The molecule has 0 spiro atoms. The third kappa shape index (κ3) is 7.68. The largest absolute Gasteiger partial charge is 0.488 e. The molecule has 0 saturated heterocycles. The number of rotatable bonds is 12. The van der Waals surface area contributed by atoms with Crippen LogP contribution < -0.4 is 9.47 Å². The van der Waals surface area contributed by atoms with Crippen LogP contribution >= 0.6 is 0 Å². The Hall–Kier alpha value is -4.91. The second-order valence-electron chi connectivity index (χ2n) is 10.7. The maximum atomic E-state index is 14.4. The maximum Gasteiger partial charge on any atom is 0.335 e. The fraction of sp³-hybridized carbons (Fsp3) is 0.250. The summed E-state index contributed by atoms with van der Waals surface area (Å²) in [5, 5.41) is 9.89. The van der Waals surface area contributed by atoms with Crippen LogP contribution in [-0.4, -0.2) is 22.8 Å². The summed E-state index contributed by atoms with van der Waals surface area (Å²) in [5.41, 5.74) is 2.66. The van der Waals surface area contributed by atoms with Gasteiger partial charge in [0.15, 0.2) is 5.78 Å². The van der Waals surface area contributed by atoms with Crippen LogP contribution in [0.25, 0.3) is 0 Å². The SMILES string of the molecule is O=C(O)c1cc(OCc2ccccc2)c(C(=O)C2CCCCC2C(=O)OCc2ccccc2)c(OCc2ccccc2)c1. The summed E-state index contributed by atoms with van der Waals surface area (Å²) in [7, 11) is 0. The van der Waals surface area contributed by atoms with Crippen molar-refractivity contribution in [1.82, 2.24) is 0 Å². The Balaban J connectivity index is 1.48. The van der Waals surface area contributed by atoms with Gasteiger partial charge in [0.05, 0.1) is 11.5 Å². The lowest BCUT2D eigenvalue weighted by Crippen LogP contribution is -2.34. The predicted octanol–water partition coefficient (Wildman–Crippen LogP) is 7.28. The van der Waals surface area contributed by atoms with Gasteiger partial charge < -0.3 is 19.3 Å². The smallest absolute Gasteiger partial charge is 0.335 e. The summed E-state index contributed by atoms with van der Waals surface area (Å²) in [4.78, 5) is 39.9. The van der Waals surface area contributed by atoms with Crippen molar-refractivity contribution >= 4 is 17.7 Å². The van der Waals surface area contributed by atoms with E-state index in [0.717, 1.165) is 29.5 Å². The number of benzene rings is 4.